The normalized spacial score (nSPS) is 21.6. The second-order valence-electron chi connectivity index (χ2n) is 8.35. The number of piperidine rings is 1. The zero-order valence-corrected chi connectivity index (χ0v) is 16.7. The molecule has 0 radical (unpaired) electrons. The summed E-state index contributed by atoms with van der Waals surface area (Å²) in [5, 5.41) is 14.2. The summed E-state index contributed by atoms with van der Waals surface area (Å²) in [6.45, 7) is 11.7. The summed E-state index contributed by atoms with van der Waals surface area (Å²) in [5.41, 5.74) is 0.804. The maximum Gasteiger partial charge on any atom is 0.325 e. The average Bonchev–Trinajstić information content (AvgIpc) is 3.11. The first-order chi connectivity index (χ1) is 13.0. The minimum absolute atomic E-state index is 0.581. The molecular weight excluding hydrogens is 344 g/mol. The quantitative estimate of drug-likeness (QED) is 0.747. The highest BCUT2D eigenvalue weighted by atomic mass is 16.5. The van der Waals surface area contributed by atoms with E-state index in [0.29, 0.717) is 11.8 Å². The predicted molar refractivity (Wildman–Crippen MR) is 104 cm³/mol. The summed E-state index contributed by atoms with van der Waals surface area (Å²) < 4.78 is 7.31. The van der Waals surface area contributed by atoms with Gasteiger partial charge in [0.1, 0.15) is 6.04 Å². The predicted octanol–water partition coefficient (Wildman–Crippen LogP) is 2.10. The molecule has 0 spiro atoms. The van der Waals surface area contributed by atoms with Crippen molar-refractivity contribution in [2.75, 3.05) is 45.9 Å². The van der Waals surface area contributed by atoms with E-state index in [1.807, 2.05) is 10.9 Å². The van der Waals surface area contributed by atoms with E-state index in [4.69, 9.17) is 4.74 Å². The monoisotopic (exact) mass is 378 g/mol. The van der Waals surface area contributed by atoms with Crippen molar-refractivity contribution in [2.45, 2.75) is 45.7 Å². The minimum Gasteiger partial charge on any atom is -0.480 e. The molecule has 2 aliphatic heterocycles. The van der Waals surface area contributed by atoms with E-state index in [0.717, 1.165) is 77.3 Å². The lowest BCUT2D eigenvalue weighted by atomic mass is 9.94. The van der Waals surface area contributed by atoms with Crippen LogP contribution in [0.5, 0.6) is 0 Å². The molecule has 0 unspecified atom stereocenters. The van der Waals surface area contributed by atoms with Crippen LogP contribution in [-0.2, 0) is 16.1 Å². The Bertz CT molecular complexity index is 590. The molecule has 1 aromatic heterocycles. The van der Waals surface area contributed by atoms with Crippen LogP contribution in [-0.4, -0.2) is 76.6 Å². The van der Waals surface area contributed by atoms with Crippen LogP contribution in [0.1, 0.15) is 44.7 Å². The van der Waals surface area contributed by atoms with E-state index in [-0.39, 0.29) is 0 Å². The number of carbonyl (C=O) groups is 1. The third-order valence-electron chi connectivity index (χ3n) is 5.77. The first kappa shape index (κ1) is 20.3. The van der Waals surface area contributed by atoms with Crippen molar-refractivity contribution < 1.29 is 14.6 Å². The number of aromatic nitrogens is 2. The van der Waals surface area contributed by atoms with E-state index < -0.39 is 12.0 Å². The first-order valence-electron chi connectivity index (χ1n) is 10.3. The third kappa shape index (κ3) is 5.77. The topological polar surface area (TPSA) is 70.8 Å². The first-order valence-corrected chi connectivity index (χ1v) is 10.3. The largest absolute Gasteiger partial charge is 0.480 e. The second-order valence-corrected chi connectivity index (χ2v) is 8.35. The molecule has 7 heteroatoms. The van der Waals surface area contributed by atoms with Gasteiger partial charge in [-0.1, -0.05) is 13.8 Å². The van der Waals surface area contributed by atoms with Crippen molar-refractivity contribution >= 4 is 5.97 Å². The lowest BCUT2D eigenvalue weighted by molar-refractivity contribution is -0.144. The molecule has 1 atom stereocenters. The molecule has 0 aromatic carbocycles. The number of nitrogens with zero attached hydrogens (tertiary/aromatic N) is 4. The van der Waals surface area contributed by atoms with Crippen molar-refractivity contribution in [1.82, 2.24) is 19.6 Å². The molecule has 2 saturated heterocycles. The lowest BCUT2D eigenvalue weighted by Crippen LogP contribution is -2.44. The molecular formula is C20H34N4O3. The Balaban J connectivity index is 1.54. The summed E-state index contributed by atoms with van der Waals surface area (Å²) in [6, 6.07) is -0.581. The molecule has 3 heterocycles. The molecule has 0 bridgehead atoms. The Morgan fingerprint density at radius 3 is 2.59 bits per heavy atom. The maximum absolute atomic E-state index is 12.0. The number of carboxylic acids is 1. The number of carboxylic acid groups (broad SMARTS) is 1. The molecule has 1 N–H and O–H groups in total. The van der Waals surface area contributed by atoms with Crippen molar-refractivity contribution in [3.8, 4) is 0 Å². The van der Waals surface area contributed by atoms with E-state index in [2.05, 4.69) is 28.7 Å². The molecule has 0 saturated carbocycles. The fraction of sp³-hybridized carbons (Fsp3) is 0.800. The second kappa shape index (κ2) is 9.66. The van der Waals surface area contributed by atoms with Crippen molar-refractivity contribution in [3.05, 3.63) is 18.0 Å². The zero-order valence-electron chi connectivity index (χ0n) is 16.7. The summed E-state index contributed by atoms with van der Waals surface area (Å²) in [4.78, 5) is 16.6. The number of aryl methyl sites for hydroxylation is 1. The Hall–Kier alpha value is -1.44. The van der Waals surface area contributed by atoms with Gasteiger partial charge in [-0.25, -0.2) is 0 Å². The Morgan fingerprint density at radius 2 is 1.96 bits per heavy atom. The molecule has 27 heavy (non-hydrogen) atoms. The molecule has 2 fully saturated rings. The third-order valence-corrected chi connectivity index (χ3v) is 5.77. The van der Waals surface area contributed by atoms with Crippen LogP contribution in [0, 0.1) is 11.8 Å². The number of hydrogen-bond acceptors (Lipinski definition) is 5. The smallest absolute Gasteiger partial charge is 0.325 e. The lowest BCUT2D eigenvalue weighted by Gasteiger charge is -2.38. The standard InChI is InChI=1S/C20H34N4O3/c1-16(2)3-8-24-15-18(13-21-24)19(20(25)26)23-6-4-17(5-7-23)14-22-9-11-27-12-10-22/h13,15-17,19H,3-12,14H2,1-2H3,(H,25,26)/t19-/m1/s1. The maximum atomic E-state index is 12.0. The number of ether oxygens (including phenoxy) is 1. The van der Waals surface area contributed by atoms with Gasteiger partial charge in [0.05, 0.1) is 19.4 Å². The minimum atomic E-state index is -0.773. The Labute approximate surface area is 162 Å². The van der Waals surface area contributed by atoms with Gasteiger partial charge in [-0.2, -0.15) is 5.10 Å². The van der Waals surface area contributed by atoms with Gasteiger partial charge >= 0.3 is 5.97 Å². The summed E-state index contributed by atoms with van der Waals surface area (Å²) in [7, 11) is 0. The Kier molecular flexibility index (Phi) is 7.26. The van der Waals surface area contributed by atoms with Crippen molar-refractivity contribution in [1.29, 1.82) is 0 Å². The van der Waals surface area contributed by atoms with E-state index >= 15 is 0 Å². The van der Waals surface area contributed by atoms with Gasteiger partial charge in [0.25, 0.3) is 0 Å². The number of rotatable bonds is 8. The SMILES string of the molecule is CC(C)CCn1cc([C@H](C(=O)O)N2CCC(CN3CCOCC3)CC2)cn1. The Morgan fingerprint density at radius 1 is 1.26 bits per heavy atom. The van der Waals surface area contributed by atoms with E-state index in [9.17, 15) is 9.90 Å². The van der Waals surface area contributed by atoms with E-state index in [1.165, 1.54) is 0 Å². The number of morpholine rings is 1. The number of likely N-dealkylation sites (tertiary alicyclic amines) is 1. The van der Waals surface area contributed by atoms with Gasteiger partial charge in [-0.05, 0) is 44.2 Å². The van der Waals surface area contributed by atoms with Crippen LogP contribution in [0.15, 0.2) is 12.4 Å². The molecule has 0 amide bonds. The van der Waals surface area contributed by atoms with Crippen molar-refractivity contribution in [3.63, 3.8) is 0 Å². The fourth-order valence-corrected chi connectivity index (χ4v) is 4.09. The zero-order chi connectivity index (χ0) is 19.2. The van der Waals surface area contributed by atoms with Crippen LogP contribution in [0.3, 0.4) is 0 Å². The highest BCUT2D eigenvalue weighted by Gasteiger charge is 2.32. The number of aliphatic carboxylic acids is 1. The highest BCUT2D eigenvalue weighted by Crippen LogP contribution is 2.28. The summed E-state index contributed by atoms with van der Waals surface area (Å²) >= 11 is 0. The average molecular weight is 379 g/mol. The highest BCUT2D eigenvalue weighted by molar-refractivity contribution is 5.75. The van der Waals surface area contributed by atoms with Gasteiger partial charge < -0.3 is 9.84 Å². The molecule has 7 nitrogen and oxygen atoms in total. The van der Waals surface area contributed by atoms with Gasteiger partial charge in [0, 0.05) is 37.9 Å². The van der Waals surface area contributed by atoms with Crippen LogP contribution >= 0.6 is 0 Å². The van der Waals surface area contributed by atoms with E-state index in [1.54, 1.807) is 6.20 Å². The van der Waals surface area contributed by atoms with Crippen LogP contribution in [0.25, 0.3) is 0 Å². The summed E-state index contributed by atoms with van der Waals surface area (Å²) in [5.74, 6) is 0.492. The summed E-state index contributed by atoms with van der Waals surface area (Å²) in [6.07, 6.45) is 6.82. The molecule has 3 rings (SSSR count). The van der Waals surface area contributed by atoms with Crippen LogP contribution < -0.4 is 0 Å². The van der Waals surface area contributed by atoms with Gasteiger partial charge in [0.15, 0.2) is 0 Å². The molecule has 0 aliphatic carbocycles. The van der Waals surface area contributed by atoms with Crippen LogP contribution in [0.2, 0.25) is 0 Å². The molecule has 152 valence electrons. The molecule has 1 aromatic rings. The number of hydrogen-bond donors (Lipinski definition) is 1. The van der Waals surface area contributed by atoms with Gasteiger partial charge in [-0.3, -0.25) is 19.3 Å². The van der Waals surface area contributed by atoms with Crippen LogP contribution in [0.4, 0.5) is 0 Å². The van der Waals surface area contributed by atoms with Crippen molar-refractivity contribution in [2.24, 2.45) is 11.8 Å². The van der Waals surface area contributed by atoms with Gasteiger partial charge in [0.2, 0.25) is 0 Å². The van der Waals surface area contributed by atoms with Gasteiger partial charge in [-0.15, -0.1) is 0 Å². The molecule has 2 aliphatic rings. The fourth-order valence-electron chi connectivity index (χ4n) is 4.09.